The molecule has 2 amide bonds. The Morgan fingerprint density at radius 1 is 0.700 bits per heavy atom. The Balaban J connectivity index is 1.90. The van der Waals surface area contributed by atoms with Gasteiger partial charge in [0.05, 0.1) is 0 Å². The van der Waals surface area contributed by atoms with Gasteiger partial charge < -0.3 is 10.8 Å². The molecule has 0 aliphatic carbocycles. The van der Waals surface area contributed by atoms with Crippen LogP contribution in [0.15, 0.2) is 24.3 Å². The Morgan fingerprint density at radius 2 is 1.07 bits per heavy atom. The van der Waals surface area contributed by atoms with Crippen LogP contribution in [0.3, 0.4) is 0 Å². The first kappa shape index (κ1) is 26.3. The van der Waals surface area contributed by atoms with Gasteiger partial charge >= 0.3 is 6.03 Å². The van der Waals surface area contributed by atoms with Gasteiger partial charge in [-0.05, 0) is 30.7 Å². The van der Waals surface area contributed by atoms with E-state index in [1.807, 2.05) is 0 Å². The number of rotatable bonds is 19. The summed E-state index contributed by atoms with van der Waals surface area (Å²) in [6, 6.07) is 6.19. The number of unbranched alkanes of at least 4 members (excludes halogenated alkanes) is 16. The van der Waals surface area contributed by atoms with Crippen LogP contribution in [0.1, 0.15) is 116 Å². The predicted octanol–water partition coefficient (Wildman–Crippen LogP) is 7.93. The van der Waals surface area contributed by atoms with Gasteiger partial charge in [0.1, 0.15) is 5.75 Å². The number of carbonyl (C=O) groups excluding carboxylic acids is 1. The molecular weight excluding hydrogens is 372 g/mol. The number of hydrogen-bond acceptors (Lipinski definition) is 2. The summed E-state index contributed by atoms with van der Waals surface area (Å²) in [7, 11) is 0. The molecule has 0 fully saturated rings. The van der Waals surface area contributed by atoms with Gasteiger partial charge in [0, 0.05) is 12.2 Å². The Hall–Kier alpha value is -1.71. The van der Waals surface area contributed by atoms with E-state index in [0.29, 0.717) is 6.54 Å². The lowest BCUT2D eigenvalue weighted by Crippen LogP contribution is -2.36. The minimum Gasteiger partial charge on any atom is -0.508 e. The highest BCUT2D eigenvalue weighted by Crippen LogP contribution is 2.19. The van der Waals surface area contributed by atoms with Gasteiger partial charge in [-0.25, -0.2) is 4.79 Å². The maximum absolute atomic E-state index is 11.7. The largest absolute Gasteiger partial charge is 0.508 e. The highest BCUT2D eigenvalue weighted by Gasteiger charge is 2.11. The van der Waals surface area contributed by atoms with Crippen molar-refractivity contribution in [2.45, 2.75) is 116 Å². The third kappa shape index (κ3) is 13.5. The maximum Gasteiger partial charge on any atom is 0.319 e. The third-order valence-electron chi connectivity index (χ3n) is 5.91. The zero-order chi connectivity index (χ0) is 21.9. The van der Waals surface area contributed by atoms with E-state index in [0.717, 1.165) is 18.5 Å². The van der Waals surface area contributed by atoms with Crippen molar-refractivity contribution in [2.24, 2.45) is 5.73 Å². The molecule has 0 aliphatic heterocycles. The Morgan fingerprint density at radius 3 is 1.43 bits per heavy atom. The lowest BCUT2D eigenvalue weighted by Gasteiger charge is -2.20. The van der Waals surface area contributed by atoms with E-state index in [1.54, 1.807) is 29.2 Å². The van der Waals surface area contributed by atoms with Crippen LogP contribution in [-0.2, 0) is 0 Å². The Bertz CT molecular complexity index is 530. The lowest BCUT2D eigenvalue weighted by molar-refractivity contribution is 0.253. The fraction of sp³-hybridized carbons (Fsp3) is 0.731. The Kier molecular flexibility index (Phi) is 15.9. The number of hydrogen-bond donors (Lipinski definition) is 2. The van der Waals surface area contributed by atoms with Crippen molar-refractivity contribution >= 4 is 11.7 Å². The van der Waals surface area contributed by atoms with Crippen molar-refractivity contribution in [2.75, 3.05) is 11.4 Å². The molecule has 1 aromatic rings. The second-order valence-corrected chi connectivity index (χ2v) is 8.66. The van der Waals surface area contributed by atoms with E-state index in [4.69, 9.17) is 5.73 Å². The van der Waals surface area contributed by atoms with Crippen LogP contribution in [0.4, 0.5) is 10.5 Å². The summed E-state index contributed by atoms with van der Waals surface area (Å²) in [5.41, 5.74) is 6.25. The molecule has 3 N–H and O–H groups in total. The molecule has 1 rings (SSSR count). The summed E-state index contributed by atoms with van der Waals surface area (Å²) in [4.78, 5) is 13.3. The minimum absolute atomic E-state index is 0.195. The van der Waals surface area contributed by atoms with E-state index < -0.39 is 6.03 Å². The summed E-state index contributed by atoms with van der Waals surface area (Å²) in [6.45, 7) is 2.92. The molecule has 0 saturated heterocycles. The fourth-order valence-electron chi connectivity index (χ4n) is 3.99. The molecule has 0 heterocycles. The van der Waals surface area contributed by atoms with E-state index in [9.17, 15) is 9.90 Å². The maximum atomic E-state index is 11.7. The number of phenols is 1. The molecular formula is C26H46N2O2. The highest BCUT2D eigenvalue weighted by atomic mass is 16.3. The summed E-state index contributed by atoms with van der Waals surface area (Å²) in [6.07, 6.45) is 22.8. The van der Waals surface area contributed by atoms with Crippen LogP contribution in [-0.4, -0.2) is 17.7 Å². The zero-order valence-corrected chi connectivity index (χ0v) is 19.4. The second-order valence-electron chi connectivity index (χ2n) is 8.66. The van der Waals surface area contributed by atoms with Crippen molar-refractivity contribution in [3.63, 3.8) is 0 Å². The fourth-order valence-corrected chi connectivity index (χ4v) is 3.99. The van der Waals surface area contributed by atoms with E-state index in [1.165, 1.54) is 96.3 Å². The first-order valence-corrected chi connectivity index (χ1v) is 12.5. The number of aromatic hydroxyl groups is 1. The van der Waals surface area contributed by atoms with Crippen molar-refractivity contribution in [3.8, 4) is 5.75 Å². The smallest absolute Gasteiger partial charge is 0.319 e. The summed E-state index contributed by atoms with van der Waals surface area (Å²) < 4.78 is 0. The molecule has 0 unspecified atom stereocenters. The van der Waals surface area contributed by atoms with Crippen LogP contribution >= 0.6 is 0 Å². The van der Waals surface area contributed by atoms with Crippen molar-refractivity contribution < 1.29 is 9.90 Å². The molecule has 0 saturated carbocycles. The number of urea groups is 1. The molecule has 4 nitrogen and oxygen atoms in total. The molecule has 0 atom stereocenters. The molecule has 30 heavy (non-hydrogen) atoms. The first-order chi connectivity index (χ1) is 14.6. The number of amides is 2. The monoisotopic (exact) mass is 418 g/mol. The quantitative estimate of drug-likeness (QED) is 0.224. The van der Waals surface area contributed by atoms with Crippen molar-refractivity contribution in [3.05, 3.63) is 24.3 Å². The van der Waals surface area contributed by atoms with Gasteiger partial charge in [-0.1, -0.05) is 110 Å². The van der Waals surface area contributed by atoms with Crippen LogP contribution in [0, 0.1) is 0 Å². The number of benzene rings is 1. The van der Waals surface area contributed by atoms with Gasteiger partial charge in [0.2, 0.25) is 0 Å². The average Bonchev–Trinajstić information content (AvgIpc) is 2.73. The van der Waals surface area contributed by atoms with E-state index >= 15 is 0 Å². The molecule has 0 bridgehead atoms. The van der Waals surface area contributed by atoms with E-state index in [2.05, 4.69) is 6.92 Å². The normalized spacial score (nSPS) is 11.0. The van der Waals surface area contributed by atoms with Gasteiger partial charge in [0.15, 0.2) is 0 Å². The molecule has 0 spiro atoms. The first-order valence-electron chi connectivity index (χ1n) is 12.5. The number of anilines is 1. The predicted molar refractivity (Wildman–Crippen MR) is 129 cm³/mol. The summed E-state index contributed by atoms with van der Waals surface area (Å²) in [5, 5.41) is 9.37. The molecule has 0 aromatic heterocycles. The van der Waals surface area contributed by atoms with Crippen LogP contribution < -0.4 is 10.6 Å². The third-order valence-corrected chi connectivity index (χ3v) is 5.91. The van der Waals surface area contributed by atoms with Crippen molar-refractivity contribution in [1.29, 1.82) is 0 Å². The standard InChI is InChI=1S/C26H46N2O2/c1-2-3-4-5-6-7-8-9-10-11-12-13-14-15-16-17-18-23-28(26(27)30)24-19-21-25(29)22-20-24/h19-22,29H,2-18,23H2,1H3,(H2,27,30). The van der Waals surface area contributed by atoms with E-state index in [-0.39, 0.29) is 5.75 Å². The topological polar surface area (TPSA) is 66.6 Å². The van der Waals surface area contributed by atoms with Crippen LogP contribution in [0.5, 0.6) is 5.75 Å². The Labute approximate surface area is 185 Å². The molecule has 0 radical (unpaired) electrons. The number of phenolic OH excluding ortho intramolecular Hbond substituents is 1. The molecule has 172 valence electrons. The number of carbonyl (C=O) groups is 1. The minimum atomic E-state index is -0.433. The average molecular weight is 419 g/mol. The van der Waals surface area contributed by atoms with Crippen LogP contribution in [0.25, 0.3) is 0 Å². The number of primary amides is 1. The lowest BCUT2D eigenvalue weighted by atomic mass is 10.0. The molecule has 4 heteroatoms. The van der Waals surface area contributed by atoms with Gasteiger partial charge in [-0.2, -0.15) is 0 Å². The highest BCUT2D eigenvalue weighted by molar-refractivity contribution is 5.90. The number of nitrogens with zero attached hydrogens (tertiary/aromatic N) is 1. The SMILES string of the molecule is CCCCCCCCCCCCCCCCCCCN(C(N)=O)c1ccc(O)cc1. The van der Waals surface area contributed by atoms with Gasteiger partial charge in [0.25, 0.3) is 0 Å². The second kappa shape index (κ2) is 18.1. The van der Waals surface area contributed by atoms with Gasteiger partial charge in [-0.15, -0.1) is 0 Å². The summed E-state index contributed by atoms with van der Waals surface area (Å²) in [5.74, 6) is 0.195. The summed E-state index contributed by atoms with van der Waals surface area (Å²) >= 11 is 0. The molecule has 1 aromatic carbocycles. The number of nitrogens with two attached hydrogens (primary N) is 1. The van der Waals surface area contributed by atoms with Crippen molar-refractivity contribution in [1.82, 2.24) is 0 Å². The zero-order valence-electron chi connectivity index (χ0n) is 19.4. The van der Waals surface area contributed by atoms with Crippen LogP contribution in [0.2, 0.25) is 0 Å². The molecule has 0 aliphatic rings. The van der Waals surface area contributed by atoms with Gasteiger partial charge in [-0.3, -0.25) is 4.90 Å².